The highest BCUT2D eigenvalue weighted by molar-refractivity contribution is 5.82. The first-order valence-corrected chi connectivity index (χ1v) is 5.55. The molecular formula is C10H14N6O. The van der Waals surface area contributed by atoms with Crippen LogP contribution in [0.2, 0.25) is 0 Å². The average Bonchev–Trinajstić information content (AvgIpc) is 2.61. The summed E-state index contributed by atoms with van der Waals surface area (Å²) in [5.74, 6) is 0.855. The van der Waals surface area contributed by atoms with Gasteiger partial charge in [0.15, 0.2) is 11.5 Å². The largest absolute Gasteiger partial charge is 0.396 e. The molecule has 1 fully saturated rings. The van der Waals surface area contributed by atoms with E-state index in [2.05, 4.69) is 15.0 Å². The van der Waals surface area contributed by atoms with Crippen LogP contribution in [-0.4, -0.2) is 31.2 Å². The summed E-state index contributed by atoms with van der Waals surface area (Å²) in [5, 5.41) is 9.01. The second-order valence-corrected chi connectivity index (χ2v) is 4.46. The maximum Gasteiger partial charge on any atom is 0.224 e. The maximum absolute atomic E-state index is 9.01. The van der Waals surface area contributed by atoms with Crippen molar-refractivity contribution < 1.29 is 5.11 Å². The van der Waals surface area contributed by atoms with Gasteiger partial charge in [0.05, 0.1) is 6.33 Å². The van der Waals surface area contributed by atoms with Gasteiger partial charge in [0.2, 0.25) is 5.95 Å². The minimum atomic E-state index is 0.162. The fraction of sp³-hybridized carbons (Fsp3) is 0.500. The first-order chi connectivity index (χ1) is 8.19. The van der Waals surface area contributed by atoms with Crippen LogP contribution in [-0.2, 0) is 0 Å². The predicted molar refractivity (Wildman–Crippen MR) is 63.0 cm³/mol. The van der Waals surface area contributed by atoms with E-state index < -0.39 is 0 Å². The summed E-state index contributed by atoms with van der Waals surface area (Å²) < 4.78 is 1.97. The molecule has 3 rings (SSSR count). The fourth-order valence-electron chi connectivity index (χ4n) is 2.30. The van der Waals surface area contributed by atoms with Gasteiger partial charge in [0.1, 0.15) is 5.52 Å². The minimum Gasteiger partial charge on any atom is -0.396 e. The van der Waals surface area contributed by atoms with Crippen molar-refractivity contribution in [2.24, 2.45) is 5.92 Å². The van der Waals surface area contributed by atoms with E-state index in [-0.39, 0.29) is 12.6 Å². The van der Waals surface area contributed by atoms with E-state index in [0.717, 1.165) is 12.8 Å². The Labute approximate surface area is 97.5 Å². The molecule has 0 aliphatic heterocycles. The van der Waals surface area contributed by atoms with Crippen LogP contribution >= 0.6 is 0 Å². The van der Waals surface area contributed by atoms with Crippen LogP contribution < -0.4 is 11.5 Å². The number of aliphatic hydroxyl groups excluding tert-OH is 1. The molecule has 1 aliphatic carbocycles. The van der Waals surface area contributed by atoms with Crippen molar-refractivity contribution in [2.45, 2.75) is 18.9 Å². The molecular weight excluding hydrogens is 220 g/mol. The van der Waals surface area contributed by atoms with Crippen molar-refractivity contribution in [3.63, 3.8) is 0 Å². The lowest BCUT2D eigenvalue weighted by atomic mass is 9.81. The van der Waals surface area contributed by atoms with Crippen LogP contribution in [0.4, 0.5) is 11.8 Å². The summed E-state index contributed by atoms with van der Waals surface area (Å²) in [4.78, 5) is 12.3. The number of hydrogen-bond acceptors (Lipinski definition) is 6. The Balaban J connectivity index is 2.01. The number of anilines is 2. The number of imidazole rings is 1. The maximum atomic E-state index is 9.01. The van der Waals surface area contributed by atoms with E-state index >= 15 is 0 Å². The molecule has 0 saturated heterocycles. The number of fused-ring (bicyclic) bond motifs is 1. The third-order valence-electron chi connectivity index (χ3n) is 3.33. The van der Waals surface area contributed by atoms with E-state index in [0.29, 0.717) is 28.9 Å². The topological polar surface area (TPSA) is 116 Å². The summed E-state index contributed by atoms with van der Waals surface area (Å²) in [6.45, 7) is 0.238. The fourth-order valence-corrected chi connectivity index (χ4v) is 2.30. The first kappa shape index (κ1) is 10.3. The van der Waals surface area contributed by atoms with E-state index in [1.165, 1.54) is 0 Å². The standard InChI is InChI=1S/C10H14N6O/c11-8-7-9(15-10(12)14-8)16(4-13-7)6-1-5(2-6)3-17/h4-6,17H,1-3H2,(H4,11,12,14,15). The summed E-state index contributed by atoms with van der Waals surface area (Å²) in [5.41, 5.74) is 12.6. The average molecular weight is 234 g/mol. The zero-order valence-corrected chi connectivity index (χ0v) is 9.24. The van der Waals surface area contributed by atoms with Crippen LogP contribution in [0, 0.1) is 5.92 Å². The lowest BCUT2D eigenvalue weighted by Crippen LogP contribution is -2.28. The summed E-state index contributed by atoms with van der Waals surface area (Å²) in [6.07, 6.45) is 3.59. The van der Waals surface area contributed by atoms with Gasteiger partial charge >= 0.3 is 0 Å². The Morgan fingerprint density at radius 3 is 2.82 bits per heavy atom. The molecule has 0 radical (unpaired) electrons. The second-order valence-electron chi connectivity index (χ2n) is 4.46. The number of nitrogens with zero attached hydrogens (tertiary/aromatic N) is 4. The Bertz CT molecular complexity index is 559. The Morgan fingerprint density at radius 2 is 2.12 bits per heavy atom. The number of nitrogen functional groups attached to an aromatic ring is 2. The number of aromatic nitrogens is 4. The second kappa shape index (κ2) is 3.56. The molecule has 7 heteroatoms. The molecule has 0 atom stereocenters. The van der Waals surface area contributed by atoms with Gasteiger partial charge in [-0.15, -0.1) is 0 Å². The number of nitrogens with two attached hydrogens (primary N) is 2. The van der Waals surface area contributed by atoms with Crippen LogP contribution in [0.15, 0.2) is 6.33 Å². The summed E-state index contributed by atoms with van der Waals surface area (Å²) in [7, 11) is 0. The quantitative estimate of drug-likeness (QED) is 0.670. The zero-order valence-electron chi connectivity index (χ0n) is 9.24. The van der Waals surface area contributed by atoms with Gasteiger partial charge in [0, 0.05) is 12.6 Å². The number of aliphatic hydroxyl groups is 1. The third-order valence-corrected chi connectivity index (χ3v) is 3.33. The highest BCUT2D eigenvalue weighted by Gasteiger charge is 2.31. The van der Waals surface area contributed by atoms with Crippen molar-refractivity contribution in [3.05, 3.63) is 6.33 Å². The monoisotopic (exact) mass is 234 g/mol. The van der Waals surface area contributed by atoms with Crippen molar-refractivity contribution in [3.8, 4) is 0 Å². The Kier molecular flexibility index (Phi) is 2.15. The molecule has 1 saturated carbocycles. The molecule has 5 N–H and O–H groups in total. The van der Waals surface area contributed by atoms with Crippen LogP contribution in [0.5, 0.6) is 0 Å². The predicted octanol–water partition coefficient (Wildman–Crippen LogP) is -0.0659. The smallest absolute Gasteiger partial charge is 0.224 e. The molecule has 0 aromatic carbocycles. The highest BCUT2D eigenvalue weighted by atomic mass is 16.3. The van der Waals surface area contributed by atoms with Gasteiger partial charge in [-0.3, -0.25) is 0 Å². The van der Waals surface area contributed by atoms with E-state index in [1.807, 2.05) is 4.57 Å². The first-order valence-electron chi connectivity index (χ1n) is 5.55. The molecule has 1 aliphatic rings. The summed E-state index contributed by atoms with van der Waals surface area (Å²) in [6, 6.07) is 0.325. The van der Waals surface area contributed by atoms with Crippen LogP contribution in [0.25, 0.3) is 11.2 Å². The molecule has 0 bridgehead atoms. The molecule has 0 unspecified atom stereocenters. The normalized spacial score (nSPS) is 23.8. The lowest BCUT2D eigenvalue weighted by molar-refractivity contribution is 0.114. The Hall–Kier alpha value is -1.89. The van der Waals surface area contributed by atoms with E-state index in [4.69, 9.17) is 16.6 Å². The van der Waals surface area contributed by atoms with E-state index in [1.54, 1.807) is 6.33 Å². The van der Waals surface area contributed by atoms with Crippen LogP contribution in [0.3, 0.4) is 0 Å². The number of rotatable bonds is 2. The van der Waals surface area contributed by atoms with Crippen molar-refractivity contribution in [2.75, 3.05) is 18.1 Å². The Morgan fingerprint density at radius 1 is 1.35 bits per heavy atom. The van der Waals surface area contributed by atoms with Gasteiger partial charge in [-0.25, -0.2) is 4.98 Å². The minimum absolute atomic E-state index is 0.162. The zero-order chi connectivity index (χ0) is 12.0. The van der Waals surface area contributed by atoms with E-state index in [9.17, 15) is 0 Å². The highest BCUT2D eigenvalue weighted by Crippen LogP contribution is 2.38. The SMILES string of the molecule is Nc1nc(N)c2ncn(C3CC(CO)C3)c2n1. The van der Waals surface area contributed by atoms with Crippen molar-refractivity contribution >= 4 is 22.9 Å². The van der Waals surface area contributed by atoms with Crippen molar-refractivity contribution in [1.82, 2.24) is 19.5 Å². The molecule has 90 valence electrons. The lowest BCUT2D eigenvalue weighted by Gasteiger charge is -2.34. The van der Waals surface area contributed by atoms with Gasteiger partial charge in [-0.05, 0) is 18.8 Å². The molecule has 7 nitrogen and oxygen atoms in total. The molecule has 2 aromatic heterocycles. The number of hydrogen-bond donors (Lipinski definition) is 3. The molecule has 17 heavy (non-hydrogen) atoms. The van der Waals surface area contributed by atoms with Crippen molar-refractivity contribution in [1.29, 1.82) is 0 Å². The molecule has 0 spiro atoms. The van der Waals surface area contributed by atoms with Gasteiger partial charge in [0.25, 0.3) is 0 Å². The molecule has 0 amide bonds. The third kappa shape index (κ3) is 1.50. The van der Waals surface area contributed by atoms with Gasteiger partial charge in [-0.1, -0.05) is 0 Å². The van der Waals surface area contributed by atoms with Gasteiger partial charge < -0.3 is 21.1 Å². The van der Waals surface area contributed by atoms with Gasteiger partial charge in [-0.2, -0.15) is 9.97 Å². The molecule has 2 heterocycles. The summed E-state index contributed by atoms with van der Waals surface area (Å²) >= 11 is 0. The van der Waals surface area contributed by atoms with Crippen LogP contribution in [0.1, 0.15) is 18.9 Å². The molecule has 2 aromatic rings.